The van der Waals surface area contributed by atoms with Crippen LogP contribution in [-0.2, 0) is 4.79 Å². The van der Waals surface area contributed by atoms with E-state index >= 15 is 0 Å². The zero-order chi connectivity index (χ0) is 15.6. The third kappa shape index (κ3) is 2.08. The molecule has 1 aromatic heterocycles. The van der Waals surface area contributed by atoms with E-state index in [0.717, 1.165) is 29.7 Å². The molecule has 0 aromatic carbocycles. The molecule has 0 aliphatic heterocycles. The highest BCUT2D eigenvalue weighted by Crippen LogP contribution is 2.64. The molecule has 0 amide bonds. The Kier molecular flexibility index (Phi) is 2.93. The van der Waals surface area contributed by atoms with Gasteiger partial charge in [0.2, 0.25) is 5.88 Å². The Balaban J connectivity index is 1.38. The van der Waals surface area contributed by atoms with Crippen LogP contribution in [0, 0.1) is 29.1 Å². The quantitative estimate of drug-likeness (QED) is 0.844. The lowest BCUT2D eigenvalue weighted by molar-refractivity contribution is -0.145. The number of ketones is 1. The molecule has 1 heterocycles. The summed E-state index contributed by atoms with van der Waals surface area (Å²) in [4.78, 5) is 17.7. The molecular weight excluding hydrogens is 286 g/mol. The molecule has 3 heteroatoms. The molecule has 5 aliphatic carbocycles. The van der Waals surface area contributed by atoms with E-state index < -0.39 is 0 Å². The van der Waals surface area contributed by atoms with Crippen molar-refractivity contribution < 1.29 is 9.53 Å². The molecule has 23 heavy (non-hydrogen) atoms. The number of ether oxygens (including phenoxy) is 1. The Morgan fingerprint density at radius 1 is 1.13 bits per heavy atom. The zero-order valence-corrected chi connectivity index (χ0v) is 13.8. The lowest BCUT2D eigenvalue weighted by atomic mass is 9.48. The van der Waals surface area contributed by atoms with Gasteiger partial charge in [-0.2, -0.15) is 0 Å². The lowest BCUT2D eigenvalue weighted by Gasteiger charge is -2.56. The summed E-state index contributed by atoms with van der Waals surface area (Å²) in [7, 11) is 1.67. The van der Waals surface area contributed by atoms with Gasteiger partial charge in [-0.05, 0) is 74.7 Å². The first-order valence-electron chi connectivity index (χ1n) is 9.22. The summed E-state index contributed by atoms with van der Waals surface area (Å²) in [6.07, 6.45) is 10.5. The third-order valence-electron chi connectivity index (χ3n) is 7.08. The molecule has 122 valence electrons. The van der Waals surface area contributed by atoms with Gasteiger partial charge in [0.15, 0.2) is 0 Å². The topological polar surface area (TPSA) is 39.2 Å². The van der Waals surface area contributed by atoms with Crippen molar-refractivity contribution in [2.45, 2.75) is 50.9 Å². The Bertz CT molecular complexity index is 618. The van der Waals surface area contributed by atoms with Crippen LogP contribution >= 0.6 is 0 Å². The number of Topliss-reactive ketones (excluding diaryl/α,β-unsaturated/α-hetero) is 1. The van der Waals surface area contributed by atoms with E-state index in [9.17, 15) is 4.79 Å². The second-order valence-corrected chi connectivity index (χ2v) is 8.61. The van der Waals surface area contributed by atoms with Crippen molar-refractivity contribution >= 4 is 5.78 Å². The van der Waals surface area contributed by atoms with E-state index in [-0.39, 0.29) is 11.3 Å². The molecule has 0 N–H and O–H groups in total. The molecular formula is C20H25NO2. The Morgan fingerprint density at radius 2 is 1.78 bits per heavy atom. The normalized spacial score (nSPS) is 43.4. The fraction of sp³-hybridized carbons (Fsp3) is 0.700. The fourth-order valence-corrected chi connectivity index (χ4v) is 6.49. The van der Waals surface area contributed by atoms with E-state index in [2.05, 4.69) is 11.1 Å². The minimum atomic E-state index is 0.0452. The number of carbonyl (C=O) groups is 1. The van der Waals surface area contributed by atoms with Crippen LogP contribution < -0.4 is 4.74 Å². The van der Waals surface area contributed by atoms with Gasteiger partial charge in [0.25, 0.3) is 0 Å². The number of hydrogen-bond acceptors (Lipinski definition) is 3. The van der Waals surface area contributed by atoms with Crippen molar-refractivity contribution in [1.82, 2.24) is 4.98 Å². The van der Waals surface area contributed by atoms with E-state index in [1.165, 1.54) is 38.5 Å². The number of hydrogen-bond donors (Lipinski definition) is 0. The molecule has 2 unspecified atom stereocenters. The fourth-order valence-electron chi connectivity index (χ4n) is 6.49. The van der Waals surface area contributed by atoms with E-state index in [4.69, 9.17) is 4.74 Å². The van der Waals surface area contributed by atoms with Crippen molar-refractivity contribution in [3.63, 3.8) is 0 Å². The first-order chi connectivity index (χ1) is 11.2. The highest BCUT2D eigenvalue weighted by molar-refractivity contribution is 5.91. The minimum Gasteiger partial charge on any atom is -0.481 e. The van der Waals surface area contributed by atoms with Gasteiger partial charge in [0, 0.05) is 23.1 Å². The molecule has 0 radical (unpaired) electrons. The van der Waals surface area contributed by atoms with Crippen molar-refractivity contribution in [3.05, 3.63) is 23.9 Å². The largest absolute Gasteiger partial charge is 0.481 e. The summed E-state index contributed by atoms with van der Waals surface area (Å²) < 4.78 is 5.40. The van der Waals surface area contributed by atoms with Crippen LogP contribution in [0.2, 0.25) is 0 Å². The predicted molar refractivity (Wildman–Crippen MR) is 87.2 cm³/mol. The van der Waals surface area contributed by atoms with Gasteiger partial charge in [-0.15, -0.1) is 0 Å². The lowest BCUT2D eigenvalue weighted by Crippen LogP contribution is -2.50. The average Bonchev–Trinajstić information content (AvgIpc) is 3.33. The van der Waals surface area contributed by atoms with Crippen molar-refractivity contribution in [3.8, 4) is 5.88 Å². The molecule has 1 aromatic rings. The van der Waals surface area contributed by atoms with Gasteiger partial charge in [-0.3, -0.25) is 4.79 Å². The Hall–Kier alpha value is -1.38. The number of pyridine rings is 1. The molecule has 2 atom stereocenters. The van der Waals surface area contributed by atoms with Crippen molar-refractivity contribution in [1.29, 1.82) is 0 Å². The zero-order valence-electron chi connectivity index (χ0n) is 13.8. The molecule has 5 fully saturated rings. The minimum absolute atomic E-state index is 0.0452. The summed E-state index contributed by atoms with van der Waals surface area (Å²) in [6, 6.07) is 4.05. The summed E-state index contributed by atoms with van der Waals surface area (Å²) in [6.45, 7) is 0. The van der Waals surface area contributed by atoms with E-state index in [0.29, 0.717) is 17.6 Å². The molecule has 4 bridgehead atoms. The number of nitrogens with zero attached hydrogens (tertiary/aromatic N) is 1. The van der Waals surface area contributed by atoms with Gasteiger partial charge in [0.05, 0.1) is 7.11 Å². The maximum atomic E-state index is 13.4. The van der Waals surface area contributed by atoms with Gasteiger partial charge in [0.1, 0.15) is 5.78 Å². The highest BCUT2D eigenvalue weighted by Gasteiger charge is 2.59. The third-order valence-corrected chi connectivity index (χ3v) is 7.08. The maximum Gasteiger partial charge on any atom is 0.216 e. The molecule has 0 saturated heterocycles. The number of aromatic nitrogens is 1. The van der Waals surface area contributed by atoms with Gasteiger partial charge in [-0.1, -0.05) is 6.07 Å². The molecule has 6 rings (SSSR count). The van der Waals surface area contributed by atoms with E-state index in [1.54, 1.807) is 13.3 Å². The summed E-state index contributed by atoms with van der Waals surface area (Å²) in [5.41, 5.74) is 1.18. The molecule has 3 nitrogen and oxygen atoms in total. The summed E-state index contributed by atoms with van der Waals surface area (Å²) in [5.74, 6) is 4.40. The molecule has 0 spiro atoms. The average molecular weight is 311 g/mol. The summed E-state index contributed by atoms with van der Waals surface area (Å²) in [5, 5.41) is 0. The SMILES string of the molecule is COc1ncccc1C1CC1C(=O)C12CC3CC(CC(C3)C1)C2. The number of methoxy groups -OCH3 is 1. The van der Waals surface area contributed by atoms with Gasteiger partial charge in [-0.25, -0.2) is 4.98 Å². The summed E-state index contributed by atoms with van der Waals surface area (Å²) >= 11 is 0. The predicted octanol–water partition coefficient (Wildman–Crippen LogP) is 3.98. The van der Waals surface area contributed by atoms with Gasteiger partial charge >= 0.3 is 0 Å². The van der Waals surface area contributed by atoms with Crippen LogP contribution in [0.3, 0.4) is 0 Å². The van der Waals surface area contributed by atoms with Crippen LogP contribution in [0.15, 0.2) is 18.3 Å². The second-order valence-electron chi connectivity index (χ2n) is 8.61. The van der Waals surface area contributed by atoms with Crippen LogP contribution in [0.25, 0.3) is 0 Å². The number of carbonyl (C=O) groups excluding carboxylic acids is 1. The maximum absolute atomic E-state index is 13.4. The van der Waals surface area contributed by atoms with Crippen LogP contribution in [0.4, 0.5) is 0 Å². The van der Waals surface area contributed by atoms with Crippen molar-refractivity contribution in [2.75, 3.05) is 7.11 Å². The smallest absolute Gasteiger partial charge is 0.216 e. The Labute approximate surface area is 137 Å². The second kappa shape index (κ2) is 4.81. The van der Waals surface area contributed by atoms with Crippen LogP contribution in [0.1, 0.15) is 56.4 Å². The number of rotatable bonds is 4. The molecule has 5 aliphatic rings. The van der Waals surface area contributed by atoms with E-state index in [1.807, 2.05) is 6.07 Å². The van der Waals surface area contributed by atoms with Gasteiger partial charge < -0.3 is 4.74 Å². The van der Waals surface area contributed by atoms with Crippen molar-refractivity contribution in [2.24, 2.45) is 29.1 Å². The Morgan fingerprint density at radius 3 is 2.39 bits per heavy atom. The van der Waals surface area contributed by atoms with Crippen LogP contribution in [-0.4, -0.2) is 17.9 Å². The van der Waals surface area contributed by atoms with Crippen LogP contribution in [0.5, 0.6) is 5.88 Å². The first-order valence-corrected chi connectivity index (χ1v) is 9.22. The molecule has 5 saturated carbocycles. The standard InChI is InChI=1S/C20H25NO2/c1-23-19-15(3-2-4-21-19)16-8-17(16)18(22)20-9-12-5-13(10-20)7-14(6-12)11-20/h2-4,12-14,16-17H,5-11H2,1H3. The monoisotopic (exact) mass is 311 g/mol. The highest BCUT2D eigenvalue weighted by atomic mass is 16.5. The first kappa shape index (κ1) is 14.0.